The molecule has 1 rings (SSSR count). The van der Waals surface area contributed by atoms with Crippen molar-refractivity contribution >= 4 is 0 Å². The molecular weight excluding hydrogens is 168 g/mol. The summed E-state index contributed by atoms with van der Waals surface area (Å²) in [5.41, 5.74) is -1.03. The molecule has 1 N–H and O–H groups in total. The van der Waals surface area contributed by atoms with Gasteiger partial charge < -0.3 is 4.98 Å². The maximum Gasteiger partial charge on any atom is 0.328 e. The average molecular weight is 182 g/mol. The minimum absolute atomic E-state index is 0.254. The van der Waals surface area contributed by atoms with E-state index in [4.69, 9.17) is 0 Å². The van der Waals surface area contributed by atoms with Crippen LogP contribution in [0.2, 0.25) is 0 Å². The Morgan fingerprint density at radius 1 is 1.46 bits per heavy atom. The summed E-state index contributed by atoms with van der Waals surface area (Å²) in [6.07, 6.45) is 2.10. The third-order valence-electron chi connectivity index (χ3n) is 2.33. The number of nitrogens with one attached hydrogen (secondary N) is 1. The van der Waals surface area contributed by atoms with Gasteiger partial charge in [-0.05, 0) is 20.3 Å². The molecule has 0 spiro atoms. The Balaban J connectivity index is 3.46. The fourth-order valence-corrected chi connectivity index (χ4v) is 1.15. The third-order valence-corrected chi connectivity index (χ3v) is 2.33. The highest BCUT2D eigenvalue weighted by molar-refractivity contribution is 4.89. The topological polar surface area (TPSA) is 54.9 Å². The highest BCUT2D eigenvalue weighted by Gasteiger charge is 2.20. The summed E-state index contributed by atoms with van der Waals surface area (Å²) in [4.78, 5) is 25.2. The first-order valence-corrected chi connectivity index (χ1v) is 4.30. The molecule has 4 nitrogen and oxygen atoms in total. The van der Waals surface area contributed by atoms with E-state index in [0.717, 1.165) is 6.42 Å². The molecule has 0 radical (unpaired) electrons. The van der Waals surface area contributed by atoms with Crippen molar-refractivity contribution in [1.29, 1.82) is 0 Å². The quantitative estimate of drug-likeness (QED) is 0.731. The van der Waals surface area contributed by atoms with Crippen LogP contribution in [0.25, 0.3) is 0 Å². The number of aromatic nitrogens is 2. The van der Waals surface area contributed by atoms with Gasteiger partial charge in [0.15, 0.2) is 0 Å². The molecular formula is C9H14N2O2. The molecule has 0 unspecified atom stereocenters. The molecule has 1 heterocycles. The Morgan fingerprint density at radius 3 is 2.54 bits per heavy atom. The van der Waals surface area contributed by atoms with Crippen LogP contribution >= 0.6 is 0 Å². The van der Waals surface area contributed by atoms with E-state index < -0.39 is 5.54 Å². The van der Waals surface area contributed by atoms with Gasteiger partial charge in [0, 0.05) is 17.8 Å². The van der Waals surface area contributed by atoms with Crippen LogP contribution in [0, 0.1) is 0 Å². The van der Waals surface area contributed by atoms with Gasteiger partial charge in [-0.25, -0.2) is 4.79 Å². The van der Waals surface area contributed by atoms with Gasteiger partial charge in [-0.15, -0.1) is 0 Å². The lowest BCUT2D eigenvalue weighted by Gasteiger charge is -2.24. The van der Waals surface area contributed by atoms with E-state index in [0.29, 0.717) is 0 Å². The van der Waals surface area contributed by atoms with Crippen molar-refractivity contribution in [3.05, 3.63) is 33.1 Å². The lowest BCUT2D eigenvalue weighted by molar-refractivity contribution is 0.317. The molecule has 0 aliphatic carbocycles. The molecule has 0 atom stereocenters. The largest absolute Gasteiger partial charge is 0.328 e. The fraction of sp³-hybridized carbons (Fsp3) is 0.556. The zero-order valence-corrected chi connectivity index (χ0v) is 8.13. The lowest BCUT2D eigenvalue weighted by Crippen LogP contribution is -2.45. The van der Waals surface area contributed by atoms with Crippen molar-refractivity contribution in [3.8, 4) is 0 Å². The van der Waals surface area contributed by atoms with Crippen LogP contribution in [0.3, 0.4) is 0 Å². The third kappa shape index (κ3) is 1.71. The number of H-pyrrole nitrogens is 1. The molecule has 0 saturated carbocycles. The average Bonchev–Trinajstić information content (AvgIpc) is 2.03. The predicted octanol–water partition coefficient (Wildman–Crippen LogP) is 0.682. The smallest absolute Gasteiger partial charge is 0.314 e. The van der Waals surface area contributed by atoms with E-state index in [1.807, 2.05) is 20.8 Å². The number of hydrogen-bond donors (Lipinski definition) is 1. The maximum atomic E-state index is 11.4. The summed E-state index contributed by atoms with van der Waals surface area (Å²) >= 11 is 0. The minimum Gasteiger partial charge on any atom is -0.314 e. The highest BCUT2D eigenvalue weighted by Crippen LogP contribution is 2.13. The summed E-state index contributed by atoms with van der Waals surface area (Å²) in [6, 6.07) is 1.36. The lowest BCUT2D eigenvalue weighted by atomic mass is 10.0. The summed E-state index contributed by atoms with van der Waals surface area (Å²) in [7, 11) is 0. The zero-order chi connectivity index (χ0) is 10.1. The molecule has 0 fully saturated rings. The van der Waals surface area contributed by atoms with Crippen LogP contribution in [-0.4, -0.2) is 9.55 Å². The van der Waals surface area contributed by atoms with Gasteiger partial charge in [-0.1, -0.05) is 6.92 Å². The Kier molecular flexibility index (Phi) is 2.40. The highest BCUT2D eigenvalue weighted by atomic mass is 16.2. The van der Waals surface area contributed by atoms with Crippen LogP contribution in [0.15, 0.2) is 21.9 Å². The number of hydrogen-bond acceptors (Lipinski definition) is 2. The zero-order valence-electron chi connectivity index (χ0n) is 8.13. The Morgan fingerprint density at radius 2 is 2.08 bits per heavy atom. The summed E-state index contributed by atoms with van der Waals surface area (Å²) < 4.78 is 1.24. The summed E-state index contributed by atoms with van der Waals surface area (Å²) in [6.45, 7) is 5.67. The molecule has 0 bridgehead atoms. The molecule has 0 aromatic carbocycles. The van der Waals surface area contributed by atoms with Gasteiger partial charge >= 0.3 is 5.69 Å². The maximum absolute atomic E-state index is 11.4. The fourth-order valence-electron chi connectivity index (χ4n) is 1.15. The molecule has 13 heavy (non-hydrogen) atoms. The number of rotatable bonds is 2. The Labute approximate surface area is 76.2 Å². The monoisotopic (exact) mass is 182 g/mol. The number of nitrogens with zero attached hydrogens (tertiary/aromatic N) is 1. The van der Waals surface area contributed by atoms with E-state index in [1.165, 1.54) is 16.8 Å². The van der Waals surface area contributed by atoms with Crippen molar-refractivity contribution in [1.82, 2.24) is 9.55 Å². The first-order valence-electron chi connectivity index (χ1n) is 4.30. The van der Waals surface area contributed by atoms with Crippen LogP contribution in [0.4, 0.5) is 0 Å². The van der Waals surface area contributed by atoms with Crippen molar-refractivity contribution in [2.24, 2.45) is 0 Å². The van der Waals surface area contributed by atoms with Gasteiger partial charge in [-0.3, -0.25) is 9.36 Å². The molecule has 1 aromatic heterocycles. The molecule has 4 heteroatoms. The van der Waals surface area contributed by atoms with Gasteiger partial charge in [0.05, 0.1) is 0 Å². The van der Waals surface area contributed by atoms with Crippen molar-refractivity contribution < 1.29 is 0 Å². The Bertz CT molecular complexity index is 372. The second kappa shape index (κ2) is 3.20. The molecule has 0 aliphatic heterocycles. The van der Waals surface area contributed by atoms with E-state index in [1.54, 1.807) is 0 Å². The van der Waals surface area contributed by atoms with Crippen molar-refractivity contribution in [3.63, 3.8) is 0 Å². The van der Waals surface area contributed by atoms with Crippen LogP contribution in [0.1, 0.15) is 27.2 Å². The second-order valence-electron chi connectivity index (χ2n) is 3.62. The minimum atomic E-state index is -0.425. The first-order chi connectivity index (χ1) is 5.99. The second-order valence-corrected chi connectivity index (χ2v) is 3.62. The van der Waals surface area contributed by atoms with Gasteiger partial charge in [0.2, 0.25) is 0 Å². The number of aromatic amines is 1. The predicted molar refractivity (Wildman–Crippen MR) is 50.9 cm³/mol. The van der Waals surface area contributed by atoms with E-state index >= 15 is 0 Å². The van der Waals surface area contributed by atoms with E-state index in [2.05, 4.69) is 4.98 Å². The van der Waals surface area contributed by atoms with Gasteiger partial charge in [-0.2, -0.15) is 0 Å². The normalized spacial score (nSPS) is 11.6. The van der Waals surface area contributed by atoms with Gasteiger partial charge in [0.25, 0.3) is 5.56 Å². The van der Waals surface area contributed by atoms with E-state index in [9.17, 15) is 9.59 Å². The SMILES string of the molecule is CCC(C)(C)n1c(=O)cc[nH]c1=O. The standard InChI is InChI=1S/C9H14N2O2/c1-4-9(2,3)11-7(12)5-6-10-8(11)13/h5-6H,4H2,1-3H3,(H,10,13). The summed E-state index contributed by atoms with van der Waals surface area (Å²) in [5.74, 6) is 0. The first kappa shape index (κ1) is 9.77. The Hall–Kier alpha value is -1.32. The van der Waals surface area contributed by atoms with Crippen LogP contribution in [-0.2, 0) is 5.54 Å². The van der Waals surface area contributed by atoms with Crippen LogP contribution < -0.4 is 11.2 Å². The molecule has 72 valence electrons. The van der Waals surface area contributed by atoms with E-state index in [-0.39, 0.29) is 11.2 Å². The molecule has 0 aliphatic rings. The molecule has 0 amide bonds. The van der Waals surface area contributed by atoms with Crippen LogP contribution in [0.5, 0.6) is 0 Å². The van der Waals surface area contributed by atoms with Crippen molar-refractivity contribution in [2.45, 2.75) is 32.7 Å². The molecule has 0 saturated heterocycles. The summed E-state index contributed by atoms with van der Waals surface area (Å²) in [5, 5.41) is 0. The van der Waals surface area contributed by atoms with Gasteiger partial charge in [0.1, 0.15) is 0 Å². The van der Waals surface area contributed by atoms with Crippen molar-refractivity contribution in [2.75, 3.05) is 0 Å². The molecule has 1 aromatic rings.